The average Bonchev–Trinajstić information content (AvgIpc) is 2.55. The number of hydrogen-bond acceptors (Lipinski definition) is 3. The molecule has 0 atom stereocenters. The zero-order valence-corrected chi connectivity index (χ0v) is 13.6. The fourth-order valence-corrected chi connectivity index (χ4v) is 2.40. The Morgan fingerprint density at radius 3 is 2.48 bits per heavy atom. The number of rotatable bonds is 7. The minimum atomic E-state index is -0.146. The fourth-order valence-electron chi connectivity index (χ4n) is 2.15. The Morgan fingerprint density at radius 1 is 1.09 bits per heavy atom. The minimum absolute atomic E-state index is 0.0471. The van der Waals surface area contributed by atoms with Crippen molar-refractivity contribution in [2.45, 2.75) is 19.3 Å². The van der Waals surface area contributed by atoms with Gasteiger partial charge in [-0.05, 0) is 24.6 Å². The lowest BCUT2D eigenvalue weighted by Gasteiger charge is -2.08. The van der Waals surface area contributed by atoms with Crippen molar-refractivity contribution in [1.82, 2.24) is 0 Å². The van der Waals surface area contributed by atoms with Crippen molar-refractivity contribution in [3.8, 4) is 5.75 Å². The van der Waals surface area contributed by atoms with Crippen molar-refractivity contribution in [2.24, 2.45) is 0 Å². The SMILES string of the molecule is COc1ccc(NC(=O)CCCC(=O)c2ccccc2)cc1Cl. The monoisotopic (exact) mass is 331 g/mol. The second-order valence-electron chi connectivity index (χ2n) is 5.04. The van der Waals surface area contributed by atoms with E-state index in [1.165, 1.54) is 7.11 Å². The summed E-state index contributed by atoms with van der Waals surface area (Å²) in [4.78, 5) is 23.8. The molecule has 2 rings (SSSR count). The summed E-state index contributed by atoms with van der Waals surface area (Å²) < 4.78 is 5.06. The van der Waals surface area contributed by atoms with Crippen LogP contribution >= 0.6 is 11.6 Å². The summed E-state index contributed by atoms with van der Waals surface area (Å²) in [5.41, 5.74) is 1.28. The molecule has 0 unspecified atom stereocenters. The Kier molecular flexibility index (Phi) is 6.18. The molecule has 4 nitrogen and oxygen atoms in total. The first-order valence-corrected chi connectivity index (χ1v) is 7.69. The number of ether oxygens (including phenoxy) is 1. The Hall–Kier alpha value is -2.33. The highest BCUT2D eigenvalue weighted by Gasteiger charge is 2.08. The van der Waals surface area contributed by atoms with E-state index >= 15 is 0 Å². The first kappa shape index (κ1) is 17.0. The largest absolute Gasteiger partial charge is 0.495 e. The third kappa shape index (κ3) is 5.11. The number of halogens is 1. The van der Waals surface area contributed by atoms with Gasteiger partial charge in [-0.3, -0.25) is 9.59 Å². The van der Waals surface area contributed by atoms with E-state index in [2.05, 4.69) is 5.32 Å². The second-order valence-corrected chi connectivity index (χ2v) is 5.45. The molecule has 0 aromatic heterocycles. The van der Waals surface area contributed by atoms with Crippen LogP contribution in [0, 0.1) is 0 Å². The number of ketones is 1. The number of amides is 1. The Labute approximate surface area is 140 Å². The Balaban J connectivity index is 1.79. The Morgan fingerprint density at radius 2 is 1.83 bits per heavy atom. The predicted molar refractivity (Wildman–Crippen MR) is 91.3 cm³/mol. The third-order valence-corrected chi connectivity index (χ3v) is 3.63. The zero-order chi connectivity index (χ0) is 16.7. The summed E-state index contributed by atoms with van der Waals surface area (Å²) >= 11 is 6.01. The molecule has 0 aliphatic heterocycles. The molecule has 0 radical (unpaired) electrons. The van der Waals surface area contributed by atoms with Crippen LogP contribution in [0.15, 0.2) is 48.5 Å². The maximum Gasteiger partial charge on any atom is 0.224 e. The summed E-state index contributed by atoms with van der Waals surface area (Å²) in [6.45, 7) is 0. The fraction of sp³-hybridized carbons (Fsp3) is 0.222. The van der Waals surface area contributed by atoms with Gasteiger partial charge in [0.25, 0.3) is 0 Å². The smallest absolute Gasteiger partial charge is 0.224 e. The van der Waals surface area contributed by atoms with Crippen LogP contribution in [0.1, 0.15) is 29.6 Å². The number of Topliss-reactive ketones (excluding diaryl/α,β-unsaturated/α-hetero) is 1. The van der Waals surface area contributed by atoms with Crippen LogP contribution in [0.3, 0.4) is 0 Å². The van der Waals surface area contributed by atoms with Crippen molar-refractivity contribution in [3.63, 3.8) is 0 Å². The van der Waals surface area contributed by atoms with Crippen LogP contribution in [-0.2, 0) is 4.79 Å². The van der Waals surface area contributed by atoms with Crippen molar-refractivity contribution >= 4 is 29.0 Å². The van der Waals surface area contributed by atoms with Gasteiger partial charge in [0.15, 0.2) is 5.78 Å². The number of nitrogens with one attached hydrogen (secondary N) is 1. The van der Waals surface area contributed by atoms with E-state index < -0.39 is 0 Å². The molecule has 2 aromatic carbocycles. The van der Waals surface area contributed by atoms with E-state index in [9.17, 15) is 9.59 Å². The van der Waals surface area contributed by atoms with Gasteiger partial charge in [0.05, 0.1) is 12.1 Å². The van der Waals surface area contributed by atoms with Gasteiger partial charge in [-0.2, -0.15) is 0 Å². The van der Waals surface area contributed by atoms with Crippen molar-refractivity contribution in [2.75, 3.05) is 12.4 Å². The molecule has 2 aromatic rings. The summed E-state index contributed by atoms with van der Waals surface area (Å²) in [5, 5.41) is 3.19. The molecular weight excluding hydrogens is 314 g/mol. The summed E-state index contributed by atoms with van der Waals surface area (Å²) in [7, 11) is 1.53. The topological polar surface area (TPSA) is 55.4 Å². The molecule has 0 aliphatic carbocycles. The van der Waals surface area contributed by atoms with Gasteiger partial charge in [-0.25, -0.2) is 0 Å². The molecule has 23 heavy (non-hydrogen) atoms. The van der Waals surface area contributed by atoms with Crippen LogP contribution in [0.5, 0.6) is 5.75 Å². The first-order chi connectivity index (χ1) is 11.1. The second kappa shape index (κ2) is 8.34. The normalized spacial score (nSPS) is 10.2. The van der Waals surface area contributed by atoms with E-state index in [0.717, 1.165) is 0 Å². The van der Waals surface area contributed by atoms with E-state index in [4.69, 9.17) is 16.3 Å². The minimum Gasteiger partial charge on any atom is -0.495 e. The number of hydrogen-bond donors (Lipinski definition) is 1. The van der Waals surface area contributed by atoms with E-state index in [1.54, 1.807) is 30.3 Å². The maximum atomic E-state index is 11.9. The number of carbonyl (C=O) groups is 2. The number of carbonyl (C=O) groups excluding carboxylic acids is 2. The summed E-state index contributed by atoms with van der Waals surface area (Å²) in [6.07, 6.45) is 1.13. The predicted octanol–water partition coefficient (Wildman–Crippen LogP) is 4.34. The molecule has 120 valence electrons. The van der Waals surface area contributed by atoms with Crippen LogP contribution in [-0.4, -0.2) is 18.8 Å². The quantitative estimate of drug-likeness (QED) is 0.768. The van der Waals surface area contributed by atoms with Crippen LogP contribution in [0.2, 0.25) is 5.02 Å². The molecule has 0 heterocycles. The van der Waals surface area contributed by atoms with Gasteiger partial charge in [0.1, 0.15) is 5.75 Å². The molecule has 0 fully saturated rings. The summed E-state index contributed by atoms with van der Waals surface area (Å²) in [6, 6.07) is 14.1. The highest BCUT2D eigenvalue weighted by molar-refractivity contribution is 6.32. The molecule has 0 saturated heterocycles. The lowest BCUT2D eigenvalue weighted by atomic mass is 10.1. The number of anilines is 1. The highest BCUT2D eigenvalue weighted by atomic mass is 35.5. The van der Waals surface area contributed by atoms with Gasteiger partial charge < -0.3 is 10.1 Å². The highest BCUT2D eigenvalue weighted by Crippen LogP contribution is 2.27. The standard InChI is InChI=1S/C18H18ClNO3/c1-23-17-11-10-14(12-15(17)19)20-18(22)9-5-8-16(21)13-6-3-2-4-7-13/h2-4,6-7,10-12H,5,8-9H2,1H3,(H,20,22). The van der Waals surface area contributed by atoms with Crippen LogP contribution in [0.4, 0.5) is 5.69 Å². The Bertz CT molecular complexity index is 686. The summed E-state index contributed by atoms with van der Waals surface area (Å²) in [5.74, 6) is 0.455. The number of methoxy groups -OCH3 is 1. The average molecular weight is 332 g/mol. The molecule has 0 spiro atoms. The van der Waals surface area contributed by atoms with E-state index in [0.29, 0.717) is 34.9 Å². The molecule has 5 heteroatoms. The molecule has 1 amide bonds. The van der Waals surface area contributed by atoms with Gasteiger partial charge in [-0.15, -0.1) is 0 Å². The number of benzene rings is 2. The lowest BCUT2D eigenvalue weighted by Crippen LogP contribution is -2.12. The molecule has 0 bridgehead atoms. The molecule has 0 saturated carbocycles. The first-order valence-electron chi connectivity index (χ1n) is 7.32. The van der Waals surface area contributed by atoms with Gasteiger partial charge in [0.2, 0.25) is 5.91 Å². The zero-order valence-electron chi connectivity index (χ0n) is 12.8. The van der Waals surface area contributed by atoms with Gasteiger partial charge >= 0.3 is 0 Å². The van der Waals surface area contributed by atoms with Crippen LogP contribution in [0.25, 0.3) is 0 Å². The van der Waals surface area contributed by atoms with Crippen molar-refractivity contribution in [3.05, 3.63) is 59.1 Å². The van der Waals surface area contributed by atoms with Gasteiger partial charge in [-0.1, -0.05) is 41.9 Å². The van der Waals surface area contributed by atoms with Gasteiger partial charge in [0, 0.05) is 24.1 Å². The molecule has 0 aliphatic rings. The van der Waals surface area contributed by atoms with Crippen molar-refractivity contribution in [1.29, 1.82) is 0 Å². The molecular formula is C18H18ClNO3. The third-order valence-electron chi connectivity index (χ3n) is 3.34. The van der Waals surface area contributed by atoms with Crippen molar-refractivity contribution < 1.29 is 14.3 Å². The lowest BCUT2D eigenvalue weighted by molar-refractivity contribution is -0.116. The van der Waals surface area contributed by atoms with E-state index in [1.807, 2.05) is 18.2 Å². The maximum absolute atomic E-state index is 11.9. The van der Waals surface area contributed by atoms with E-state index in [-0.39, 0.29) is 18.1 Å². The molecule has 1 N–H and O–H groups in total. The van der Waals surface area contributed by atoms with Crippen LogP contribution < -0.4 is 10.1 Å².